The molecule has 0 fully saturated rings. The first-order chi connectivity index (χ1) is 13.6. The Morgan fingerprint density at radius 2 is 2.00 bits per heavy atom. The summed E-state index contributed by atoms with van der Waals surface area (Å²) >= 11 is 7.48. The number of methoxy groups -OCH3 is 1. The highest BCUT2D eigenvalue weighted by Gasteiger charge is 2.19. The van der Waals surface area contributed by atoms with E-state index in [9.17, 15) is 4.79 Å². The fraction of sp³-hybridized carbons (Fsp3) is 0.150. The Balaban J connectivity index is 1.56. The Morgan fingerprint density at radius 1 is 1.18 bits per heavy atom. The molecule has 0 saturated carbocycles. The number of nitrogens with one attached hydrogen (secondary N) is 1. The van der Waals surface area contributed by atoms with Crippen LogP contribution < -0.4 is 10.1 Å². The first-order valence-corrected chi connectivity index (χ1v) is 9.86. The van der Waals surface area contributed by atoms with Gasteiger partial charge in [-0.15, -0.1) is 10.2 Å². The van der Waals surface area contributed by atoms with Gasteiger partial charge in [0.1, 0.15) is 5.75 Å². The SMILES string of the molecule is COc1ccc(NC(=O)C(C)Sc2nnc3ccc4ccccc4n23)cc1Cl. The number of thioether (sulfide) groups is 1. The summed E-state index contributed by atoms with van der Waals surface area (Å²) in [5, 5.41) is 13.2. The summed E-state index contributed by atoms with van der Waals surface area (Å²) in [6.45, 7) is 1.83. The molecule has 0 spiro atoms. The van der Waals surface area contributed by atoms with Crippen molar-refractivity contribution in [1.29, 1.82) is 0 Å². The summed E-state index contributed by atoms with van der Waals surface area (Å²) in [5.74, 6) is 0.409. The molecule has 1 N–H and O–H groups in total. The molecule has 4 aromatic rings. The second kappa shape index (κ2) is 7.69. The zero-order chi connectivity index (χ0) is 19.7. The molecule has 4 rings (SSSR count). The van der Waals surface area contributed by atoms with Crippen LogP contribution in [0.15, 0.2) is 59.8 Å². The summed E-state index contributed by atoms with van der Waals surface area (Å²) < 4.78 is 7.10. The molecule has 0 saturated heterocycles. The standard InChI is InChI=1S/C20H17ClN4O2S/c1-12(19(26)22-14-8-9-17(27-2)15(21)11-14)28-20-24-23-18-10-7-13-5-3-4-6-16(13)25(18)20/h3-12H,1-2H3,(H,22,26). The Kier molecular flexibility index (Phi) is 5.11. The number of halogens is 1. The van der Waals surface area contributed by atoms with Crippen LogP contribution in [0.3, 0.4) is 0 Å². The van der Waals surface area contributed by atoms with Crippen LogP contribution in [0.1, 0.15) is 6.92 Å². The minimum atomic E-state index is -0.382. The van der Waals surface area contributed by atoms with Crippen molar-refractivity contribution in [3.05, 3.63) is 59.6 Å². The highest BCUT2D eigenvalue weighted by Crippen LogP contribution is 2.29. The number of aromatic nitrogens is 3. The molecule has 0 aliphatic heterocycles. The number of hydrogen-bond acceptors (Lipinski definition) is 5. The number of hydrogen-bond donors (Lipinski definition) is 1. The molecule has 8 heteroatoms. The third-order valence-electron chi connectivity index (χ3n) is 4.32. The van der Waals surface area contributed by atoms with Crippen LogP contribution in [0.4, 0.5) is 5.69 Å². The fourth-order valence-electron chi connectivity index (χ4n) is 2.89. The van der Waals surface area contributed by atoms with Crippen LogP contribution in [0.5, 0.6) is 5.75 Å². The van der Waals surface area contributed by atoms with Crippen molar-refractivity contribution in [2.75, 3.05) is 12.4 Å². The van der Waals surface area contributed by atoms with Gasteiger partial charge < -0.3 is 10.1 Å². The minimum absolute atomic E-state index is 0.150. The molecule has 0 aliphatic carbocycles. The summed E-state index contributed by atoms with van der Waals surface area (Å²) in [6, 6.07) is 17.1. The normalized spacial score (nSPS) is 12.2. The van der Waals surface area contributed by atoms with E-state index in [0.29, 0.717) is 21.6 Å². The largest absolute Gasteiger partial charge is 0.495 e. The van der Waals surface area contributed by atoms with Crippen molar-refractivity contribution in [3.63, 3.8) is 0 Å². The molecule has 0 bridgehead atoms. The molecule has 2 aromatic heterocycles. The molecule has 6 nitrogen and oxygen atoms in total. The summed E-state index contributed by atoms with van der Waals surface area (Å²) in [7, 11) is 1.55. The predicted molar refractivity (Wildman–Crippen MR) is 112 cm³/mol. The lowest BCUT2D eigenvalue weighted by molar-refractivity contribution is -0.115. The first kappa shape index (κ1) is 18.6. The first-order valence-electron chi connectivity index (χ1n) is 8.61. The van der Waals surface area contributed by atoms with E-state index in [4.69, 9.17) is 16.3 Å². The van der Waals surface area contributed by atoms with Gasteiger partial charge in [-0.3, -0.25) is 9.20 Å². The Labute approximate surface area is 170 Å². The Bertz CT molecular complexity index is 1180. The number of fused-ring (bicyclic) bond motifs is 3. The third kappa shape index (κ3) is 3.50. The maximum Gasteiger partial charge on any atom is 0.237 e. The quantitative estimate of drug-likeness (QED) is 0.482. The highest BCUT2D eigenvalue weighted by atomic mass is 35.5. The Hall–Kier alpha value is -2.77. The zero-order valence-corrected chi connectivity index (χ0v) is 16.8. The molecule has 2 heterocycles. The van der Waals surface area contributed by atoms with Crippen molar-refractivity contribution in [2.45, 2.75) is 17.3 Å². The molecule has 0 aliphatic rings. The molecule has 2 aromatic carbocycles. The van der Waals surface area contributed by atoms with Crippen molar-refractivity contribution < 1.29 is 9.53 Å². The van der Waals surface area contributed by atoms with Crippen LogP contribution >= 0.6 is 23.4 Å². The maximum atomic E-state index is 12.6. The molecule has 0 radical (unpaired) electrons. The van der Waals surface area contributed by atoms with Gasteiger partial charge in [-0.05, 0) is 48.7 Å². The van der Waals surface area contributed by atoms with Gasteiger partial charge in [-0.2, -0.15) is 0 Å². The fourth-order valence-corrected chi connectivity index (χ4v) is 4.01. The number of nitrogens with zero attached hydrogens (tertiary/aromatic N) is 3. The number of carbonyl (C=O) groups is 1. The van der Waals surface area contributed by atoms with E-state index in [-0.39, 0.29) is 11.2 Å². The van der Waals surface area contributed by atoms with E-state index in [0.717, 1.165) is 16.6 Å². The molecule has 1 amide bonds. The number of benzene rings is 2. The van der Waals surface area contributed by atoms with Crippen LogP contribution in [0.25, 0.3) is 16.6 Å². The van der Waals surface area contributed by atoms with Crippen LogP contribution in [0.2, 0.25) is 5.02 Å². The van der Waals surface area contributed by atoms with E-state index in [2.05, 4.69) is 15.5 Å². The summed E-state index contributed by atoms with van der Waals surface area (Å²) in [4.78, 5) is 12.6. The molecule has 1 atom stereocenters. The Morgan fingerprint density at radius 3 is 2.79 bits per heavy atom. The van der Waals surface area contributed by atoms with Crippen molar-refractivity contribution in [2.24, 2.45) is 0 Å². The number of pyridine rings is 1. The minimum Gasteiger partial charge on any atom is -0.495 e. The second-order valence-electron chi connectivity index (χ2n) is 6.17. The molecule has 142 valence electrons. The number of ether oxygens (including phenoxy) is 1. The van der Waals surface area contributed by atoms with Gasteiger partial charge in [0, 0.05) is 5.69 Å². The van der Waals surface area contributed by atoms with Gasteiger partial charge in [0.05, 0.1) is 22.9 Å². The van der Waals surface area contributed by atoms with E-state index in [1.165, 1.54) is 11.8 Å². The maximum absolute atomic E-state index is 12.6. The second-order valence-corrected chi connectivity index (χ2v) is 7.88. The van der Waals surface area contributed by atoms with Crippen LogP contribution in [-0.4, -0.2) is 32.9 Å². The number of rotatable bonds is 5. The summed E-state index contributed by atoms with van der Waals surface area (Å²) in [5.41, 5.74) is 2.36. The zero-order valence-electron chi connectivity index (χ0n) is 15.2. The predicted octanol–water partition coefficient (Wildman–Crippen LogP) is 4.66. The van der Waals surface area contributed by atoms with Crippen LogP contribution in [0, 0.1) is 0 Å². The van der Waals surface area contributed by atoms with Crippen molar-refractivity contribution in [3.8, 4) is 5.75 Å². The average molecular weight is 413 g/mol. The molecular weight excluding hydrogens is 396 g/mol. The van der Waals surface area contributed by atoms with Gasteiger partial charge in [-0.1, -0.05) is 41.6 Å². The van der Waals surface area contributed by atoms with Gasteiger partial charge in [0.25, 0.3) is 0 Å². The number of anilines is 1. The van der Waals surface area contributed by atoms with Crippen LogP contribution in [-0.2, 0) is 4.79 Å². The van der Waals surface area contributed by atoms with E-state index in [1.807, 2.05) is 47.7 Å². The van der Waals surface area contributed by atoms with Gasteiger partial charge >= 0.3 is 0 Å². The highest BCUT2D eigenvalue weighted by molar-refractivity contribution is 8.00. The van der Waals surface area contributed by atoms with Crippen molar-refractivity contribution >= 4 is 51.5 Å². The lowest BCUT2D eigenvalue weighted by Crippen LogP contribution is -2.22. The number of amides is 1. The third-order valence-corrected chi connectivity index (χ3v) is 5.66. The number of para-hydroxylation sites is 1. The van der Waals surface area contributed by atoms with E-state index < -0.39 is 0 Å². The molecular formula is C20H17ClN4O2S. The van der Waals surface area contributed by atoms with Gasteiger partial charge in [0.2, 0.25) is 5.91 Å². The monoisotopic (exact) mass is 412 g/mol. The average Bonchev–Trinajstić information content (AvgIpc) is 3.11. The van der Waals surface area contributed by atoms with Crippen molar-refractivity contribution in [1.82, 2.24) is 14.6 Å². The molecule has 1 unspecified atom stereocenters. The van der Waals surface area contributed by atoms with E-state index in [1.54, 1.807) is 25.3 Å². The lowest BCUT2D eigenvalue weighted by Gasteiger charge is -2.12. The smallest absolute Gasteiger partial charge is 0.237 e. The number of carbonyl (C=O) groups excluding carboxylic acids is 1. The van der Waals surface area contributed by atoms with Gasteiger partial charge in [-0.25, -0.2) is 0 Å². The lowest BCUT2D eigenvalue weighted by atomic mass is 10.2. The van der Waals surface area contributed by atoms with Gasteiger partial charge in [0.15, 0.2) is 10.8 Å². The topological polar surface area (TPSA) is 68.5 Å². The van der Waals surface area contributed by atoms with E-state index >= 15 is 0 Å². The summed E-state index contributed by atoms with van der Waals surface area (Å²) in [6.07, 6.45) is 0. The molecule has 28 heavy (non-hydrogen) atoms.